The second kappa shape index (κ2) is 9.25. The van der Waals surface area contributed by atoms with Crippen LogP contribution in [0.1, 0.15) is 19.3 Å². The van der Waals surface area contributed by atoms with Crippen LogP contribution in [-0.2, 0) is 4.79 Å². The molecule has 1 aromatic heterocycles. The van der Waals surface area contributed by atoms with Crippen molar-refractivity contribution in [2.24, 2.45) is 17.6 Å². The molecule has 0 bridgehead atoms. The molecule has 26 heavy (non-hydrogen) atoms. The Kier molecular flexibility index (Phi) is 7.31. The minimum atomic E-state index is -2.85. The normalized spacial score (nSPS) is 19.2. The Balaban J connectivity index is 0.00000243. The number of nitrogens with zero attached hydrogens (tertiary/aromatic N) is 1. The standard InChI is InChI=1S/C17H19F2N3O2S.ClH/c18-16(19)24-12-6-4-10(5-7-12)14-9-25-17(21-14)22-15(23)13-3-1-2-11(13)8-20;/h4-7,9,11,13,16H,1-3,8,20H2,(H,21,22,23);1H/t11-,13-;/m1./s1. The Hall–Kier alpha value is -1.77. The average Bonchev–Trinajstić information content (AvgIpc) is 3.23. The van der Waals surface area contributed by atoms with Gasteiger partial charge in [0, 0.05) is 16.9 Å². The fourth-order valence-electron chi connectivity index (χ4n) is 3.13. The summed E-state index contributed by atoms with van der Waals surface area (Å²) in [6.07, 6.45) is 2.87. The van der Waals surface area contributed by atoms with Crippen molar-refractivity contribution in [2.75, 3.05) is 11.9 Å². The lowest BCUT2D eigenvalue weighted by Gasteiger charge is -2.16. The predicted molar refractivity (Wildman–Crippen MR) is 99.9 cm³/mol. The van der Waals surface area contributed by atoms with Crippen LogP contribution in [0.4, 0.5) is 13.9 Å². The lowest BCUT2D eigenvalue weighted by Crippen LogP contribution is -2.29. The quantitative estimate of drug-likeness (QED) is 0.759. The number of anilines is 1. The molecular weight excluding hydrogens is 384 g/mol. The number of aromatic nitrogens is 1. The van der Waals surface area contributed by atoms with Gasteiger partial charge >= 0.3 is 6.61 Å². The van der Waals surface area contributed by atoms with Gasteiger partial charge in [0.2, 0.25) is 5.91 Å². The SMILES string of the molecule is Cl.NC[C@H]1CCC[C@H]1C(=O)Nc1nc(-c2ccc(OC(F)F)cc2)cs1. The monoisotopic (exact) mass is 403 g/mol. The molecular formula is C17H20ClF2N3O2S. The Morgan fingerprint density at radius 2 is 2.08 bits per heavy atom. The maximum atomic E-state index is 12.4. The number of hydrogen-bond donors (Lipinski definition) is 2. The molecule has 3 N–H and O–H groups in total. The first-order chi connectivity index (χ1) is 12.1. The largest absolute Gasteiger partial charge is 0.435 e. The van der Waals surface area contributed by atoms with Crippen LogP contribution >= 0.6 is 23.7 Å². The number of thiazole rings is 1. The van der Waals surface area contributed by atoms with Crippen molar-refractivity contribution in [3.8, 4) is 17.0 Å². The molecule has 0 saturated heterocycles. The van der Waals surface area contributed by atoms with Crippen LogP contribution in [-0.4, -0.2) is 24.0 Å². The van der Waals surface area contributed by atoms with Crippen molar-refractivity contribution in [1.29, 1.82) is 0 Å². The van der Waals surface area contributed by atoms with Gasteiger partial charge in [-0.05, 0) is 49.6 Å². The highest BCUT2D eigenvalue weighted by Crippen LogP contribution is 2.33. The van der Waals surface area contributed by atoms with Crippen LogP contribution in [0.5, 0.6) is 5.75 Å². The van der Waals surface area contributed by atoms with E-state index < -0.39 is 6.61 Å². The Morgan fingerprint density at radius 1 is 1.35 bits per heavy atom. The van der Waals surface area contributed by atoms with E-state index >= 15 is 0 Å². The van der Waals surface area contributed by atoms with Gasteiger partial charge in [0.1, 0.15) is 5.75 Å². The molecule has 1 heterocycles. The van der Waals surface area contributed by atoms with E-state index in [1.54, 1.807) is 12.1 Å². The summed E-state index contributed by atoms with van der Waals surface area (Å²) < 4.78 is 28.7. The molecule has 3 rings (SSSR count). The third kappa shape index (κ3) is 4.90. The van der Waals surface area contributed by atoms with E-state index in [1.807, 2.05) is 5.38 Å². The van der Waals surface area contributed by atoms with E-state index in [0.717, 1.165) is 24.8 Å². The number of halogens is 3. The lowest BCUT2D eigenvalue weighted by molar-refractivity contribution is -0.120. The second-order valence-electron chi connectivity index (χ2n) is 5.96. The minimum Gasteiger partial charge on any atom is -0.435 e. The second-order valence-corrected chi connectivity index (χ2v) is 6.82. The highest BCUT2D eigenvalue weighted by atomic mass is 35.5. The maximum Gasteiger partial charge on any atom is 0.387 e. The number of nitrogens with one attached hydrogen (secondary N) is 1. The number of nitrogens with two attached hydrogens (primary N) is 1. The van der Waals surface area contributed by atoms with E-state index in [0.29, 0.717) is 17.4 Å². The first kappa shape index (κ1) is 20.5. The van der Waals surface area contributed by atoms with Crippen molar-refractivity contribution >= 4 is 34.8 Å². The smallest absolute Gasteiger partial charge is 0.387 e. The summed E-state index contributed by atoms with van der Waals surface area (Å²) in [7, 11) is 0. The fourth-order valence-corrected chi connectivity index (χ4v) is 3.86. The first-order valence-electron chi connectivity index (χ1n) is 8.08. The average molecular weight is 404 g/mol. The zero-order chi connectivity index (χ0) is 17.8. The zero-order valence-electron chi connectivity index (χ0n) is 13.9. The molecule has 9 heteroatoms. The van der Waals surface area contributed by atoms with Crippen molar-refractivity contribution in [2.45, 2.75) is 25.9 Å². The highest BCUT2D eigenvalue weighted by molar-refractivity contribution is 7.14. The topological polar surface area (TPSA) is 77.2 Å². The summed E-state index contributed by atoms with van der Waals surface area (Å²) in [5, 5.41) is 5.20. The van der Waals surface area contributed by atoms with Gasteiger partial charge in [0.25, 0.3) is 0 Å². The van der Waals surface area contributed by atoms with E-state index in [2.05, 4.69) is 15.0 Å². The summed E-state index contributed by atoms with van der Waals surface area (Å²) in [5.41, 5.74) is 7.16. The molecule has 5 nitrogen and oxygen atoms in total. The molecule has 0 radical (unpaired) electrons. The van der Waals surface area contributed by atoms with Gasteiger partial charge in [-0.2, -0.15) is 8.78 Å². The molecule has 1 saturated carbocycles. The van der Waals surface area contributed by atoms with Crippen LogP contribution in [0.3, 0.4) is 0 Å². The van der Waals surface area contributed by atoms with Crippen LogP contribution in [0.25, 0.3) is 11.3 Å². The van der Waals surface area contributed by atoms with Gasteiger partial charge in [-0.25, -0.2) is 4.98 Å². The van der Waals surface area contributed by atoms with Gasteiger partial charge in [0.05, 0.1) is 5.69 Å². The summed E-state index contributed by atoms with van der Waals surface area (Å²) >= 11 is 1.33. The first-order valence-corrected chi connectivity index (χ1v) is 8.96. The lowest BCUT2D eigenvalue weighted by atomic mass is 9.95. The number of benzene rings is 1. The highest BCUT2D eigenvalue weighted by Gasteiger charge is 2.32. The van der Waals surface area contributed by atoms with Crippen molar-refractivity contribution in [3.05, 3.63) is 29.6 Å². The number of rotatable bonds is 6. The van der Waals surface area contributed by atoms with Crippen molar-refractivity contribution in [1.82, 2.24) is 4.98 Å². The van der Waals surface area contributed by atoms with Gasteiger partial charge in [-0.15, -0.1) is 23.7 Å². The van der Waals surface area contributed by atoms with Crippen molar-refractivity contribution in [3.63, 3.8) is 0 Å². The maximum absolute atomic E-state index is 12.4. The molecule has 1 aliphatic carbocycles. The zero-order valence-corrected chi connectivity index (χ0v) is 15.5. The third-order valence-electron chi connectivity index (χ3n) is 4.41. The van der Waals surface area contributed by atoms with E-state index in [9.17, 15) is 13.6 Å². The minimum absolute atomic E-state index is 0. The van der Waals surface area contributed by atoms with E-state index in [-0.39, 0.29) is 35.9 Å². The number of hydrogen-bond acceptors (Lipinski definition) is 5. The summed E-state index contributed by atoms with van der Waals surface area (Å²) in [5.74, 6) is 0.246. The predicted octanol–water partition coefficient (Wildman–Crippen LogP) is 4.15. The molecule has 1 aliphatic rings. The summed E-state index contributed by atoms with van der Waals surface area (Å²) in [6, 6.07) is 6.23. The molecule has 142 valence electrons. The molecule has 0 unspecified atom stereocenters. The van der Waals surface area contributed by atoms with Gasteiger partial charge in [-0.1, -0.05) is 6.42 Å². The number of alkyl halides is 2. The molecule has 1 amide bonds. The van der Waals surface area contributed by atoms with Crippen molar-refractivity contribution < 1.29 is 18.3 Å². The van der Waals surface area contributed by atoms with E-state index in [4.69, 9.17) is 5.73 Å². The number of carbonyl (C=O) groups is 1. The van der Waals surface area contributed by atoms with Crippen LogP contribution in [0, 0.1) is 11.8 Å². The number of ether oxygens (including phenoxy) is 1. The van der Waals surface area contributed by atoms with Crippen LogP contribution in [0.2, 0.25) is 0 Å². The van der Waals surface area contributed by atoms with Crippen LogP contribution < -0.4 is 15.8 Å². The Bertz CT molecular complexity index is 727. The molecule has 2 aromatic rings. The summed E-state index contributed by atoms with van der Waals surface area (Å²) in [6.45, 7) is -2.33. The third-order valence-corrected chi connectivity index (χ3v) is 5.17. The Morgan fingerprint density at radius 3 is 2.73 bits per heavy atom. The Labute approximate surface area is 160 Å². The fraction of sp³-hybridized carbons (Fsp3) is 0.412. The van der Waals surface area contributed by atoms with Gasteiger partial charge in [0.15, 0.2) is 5.13 Å². The number of amides is 1. The molecule has 0 spiro atoms. The molecule has 0 aliphatic heterocycles. The summed E-state index contributed by atoms with van der Waals surface area (Å²) in [4.78, 5) is 16.8. The van der Waals surface area contributed by atoms with Crippen LogP contribution in [0.15, 0.2) is 29.6 Å². The molecule has 1 aromatic carbocycles. The molecule has 1 fully saturated rings. The molecule has 2 atom stereocenters. The van der Waals surface area contributed by atoms with E-state index in [1.165, 1.54) is 23.5 Å². The number of carbonyl (C=O) groups excluding carboxylic acids is 1. The van der Waals surface area contributed by atoms with Gasteiger partial charge < -0.3 is 15.8 Å². The van der Waals surface area contributed by atoms with Gasteiger partial charge in [-0.3, -0.25) is 4.79 Å².